The van der Waals surface area contributed by atoms with Crippen LogP contribution in [0.15, 0.2) is 11.5 Å². The molecule has 0 saturated heterocycles. The summed E-state index contributed by atoms with van der Waals surface area (Å²) in [5.41, 5.74) is 10.9. The van der Waals surface area contributed by atoms with Crippen LogP contribution in [0, 0.1) is 0 Å². The molecule has 0 spiro atoms. The molecular formula is C11H18N2O5S. The molecule has 0 unspecified atom stereocenters. The van der Waals surface area contributed by atoms with Crippen molar-refractivity contribution in [2.24, 2.45) is 11.5 Å². The molecule has 7 nitrogen and oxygen atoms in total. The molecule has 0 heterocycles. The van der Waals surface area contributed by atoms with E-state index >= 15 is 0 Å². The van der Waals surface area contributed by atoms with Crippen LogP contribution in [0.2, 0.25) is 0 Å². The minimum absolute atomic E-state index is 0.0932. The number of allylic oxidation sites excluding steroid dienone is 1. The number of carboxylic acid groups (broad SMARTS) is 1. The van der Waals surface area contributed by atoms with E-state index < -0.39 is 30.0 Å². The van der Waals surface area contributed by atoms with Gasteiger partial charge in [-0.05, 0) is 18.8 Å². The topological polar surface area (TPSA) is 133 Å². The summed E-state index contributed by atoms with van der Waals surface area (Å²) >= 11 is 1.31. The van der Waals surface area contributed by atoms with Crippen LogP contribution in [0.5, 0.6) is 0 Å². The summed E-state index contributed by atoms with van der Waals surface area (Å²) in [4.78, 5) is 33.1. The van der Waals surface area contributed by atoms with E-state index in [4.69, 9.17) is 16.6 Å². The van der Waals surface area contributed by atoms with Gasteiger partial charge >= 0.3 is 17.9 Å². The smallest absolute Gasteiger partial charge is 0.331 e. The molecule has 0 aromatic carbocycles. The minimum atomic E-state index is -1.14. The largest absolute Gasteiger partial charge is 0.481 e. The van der Waals surface area contributed by atoms with Crippen molar-refractivity contribution in [3.63, 3.8) is 0 Å². The van der Waals surface area contributed by atoms with Gasteiger partial charge in [0.25, 0.3) is 0 Å². The molecule has 0 radical (unpaired) electrons. The van der Waals surface area contributed by atoms with Crippen LogP contribution < -0.4 is 11.5 Å². The third kappa shape index (κ3) is 8.36. The van der Waals surface area contributed by atoms with Gasteiger partial charge in [0.15, 0.2) is 0 Å². The molecule has 0 saturated carbocycles. The van der Waals surface area contributed by atoms with Crippen LogP contribution in [0.25, 0.3) is 0 Å². The summed E-state index contributed by atoms with van der Waals surface area (Å²) in [6.45, 7) is 1.82. The molecule has 0 rings (SSSR count). The predicted octanol–water partition coefficient (Wildman–Crippen LogP) is -0.158. The molecule has 8 heteroatoms. The van der Waals surface area contributed by atoms with Gasteiger partial charge in [-0.25, -0.2) is 9.59 Å². The number of esters is 2. The number of hydrogen-bond acceptors (Lipinski definition) is 7. The van der Waals surface area contributed by atoms with Crippen LogP contribution in [0.3, 0.4) is 0 Å². The predicted molar refractivity (Wildman–Crippen MR) is 71.2 cm³/mol. The minimum Gasteiger partial charge on any atom is -0.481 e. The summed E-state index contributed by atoms with van der Waals surface area (Å²) in [5, 5.41) is 10.2. The quantitative estimate of drug-likeness (QED) is 0.415. The highest BCUT2D eigenvalue weighted by molar-refractivity contribution is 8.02. The van der Waals surface area contributed by atoms with Crippen molar-refractivity contribution in [1.82, 2.24) is 0 Å². The summed E-state index contributed by atoms with van der Waals surface area (Å²) in [6, 6.07) is -2.08. The van der Waals surface area contributed by atoms with Crippen LogP contribution in [0.1, 0.15) is 19.8 Å². The maximum absolute atomic E-state index is 11.4. The van der Waals surface area contributed by atoms with Crippen LogP contribution in [0.4, 0.5) is 0 Å². The highest BCUT2D eigenvalue weighted by Gasteiger charge is 2.23. The van der Waals surface area contributed by atoms with Gasteiger partial charge in [-0.3, -0.25) is 4.79 Å². The Labute approximate surface area is 115 Å². The molecule has 0 aliphatic heterocycles. The second kappa shape index (κ2) is 9.54. The number of hydrogen-bond donors (Lipinski definition) is 3. The maximum atomic E-state index is 11.4. The van der Waals surface area contributed by atoms with Gasteiger partial charge in [-0.15, -0.1) is 11.8 Å². The zero-order chi connectivity index (χ0) is 14.8. The molecule has 0 aliphatic rings. The molecule has 0 aliphatic carbocycles. The first-order valence-corrected chi connectivity index (χ1v) is 6.64. The first-order valence-electron chi connectivity index (χ1n) is 5.59. The number of aliphatic carboxylic acids is 1. The second-order valence-corrected chi connectivity index (χ2v) is 4.63. The highest BCUT2D eigenvalue weighted by Crippen LogP contribution is 2.05. The monoisotopic (exact) mass is 290 g/mol. The number of ether oxygens (including phenoxy) is 1. The van der Waals surface area contributed by atoms with Gasteiger partial charge in [0, 0.05) is 12.2 Å². The lowest BCUT2D eigenvalue weighted by Gasteiger charge is -2.12. The van der Waals surface area contributed by atoms with Crippen molar-refractivity contribution in [3.05, 3.63) is 11.5 Å². The number of rotatable bonds is 8. The second-order valence-electron chi connectivity index (χ2n) is 3.69. The molecule has 0 aromatic rings. The highest BCUT2D eigenvalue weighted by atomic mass is 32.2. The standard InChI is InChI=1S/C11H18N2O5S/c1-2-5-19-6-8(13)11(17)18-10(16)7(12)3-4-9(14)15/h2,5,7-8H,3-4,6,12-13H2,1H3,(H,14,15)/t7-,8-/m0/s1. The van der Waals surface area contributed by atoms with Gasteiger partial charge in [0.2, 0.25) is 0 Å². The fraction of sp³-hybridized carbons (Fsp3) is 0.545. The zero-order valence-electron chi connectivity index (χ0n) is 10.6. The van der Waals surface area contributed by atoms with E-state index in [1.165, 1.54) is 11.8 Å². The van der Waals surface area contributed by atoms with E-state index in [1.54, 1.807) is 11.5 Å². The Hall–Kier alpha value is -1.38. The SMILES string of the molecule is CC=CSC[C@H](N)C(=O)OC(=O)[C@@H](N)CCC(=O)O. The summed E-state index contributed by atoms with van der Waals surface area (Å²) < 4.78 is 4.48. The molecule has 108 valence electrons. The summed E-state index contributed by atoms with van der Waals surface area (Å²) in [7, 11) is 0. The van der Waals surface area contributed by atoms with E-state index in [9.17, 15) is 14.4 Å². The number of carbonyl (C=O) groups is 3. The fourth-order valence-electron chi connectivity index (χ4n) is 0.971. The Bertz CT molecular complexity index is 359. The lowest BCUT2D eigenvalue weighted by Crippen LogP contribution is -2.40. The van der Waals surface area contributed by atoms with E-state index in [0.717, 1.165) is 0 Å². The van der Waals surface area contributed by atoms with Crippen molar-refractivity contribution < 1.29 is 24.2 Å². The molecule has 0 bridgehead atoms. The Balaban J connectivity index is 4.09. The average molecular weight is 290 g/mol. The Morgan fingerprint density at radius 1 is 1.26 bits per heavy atom. The van der Waals surface area contributed by atoms with Crippen molar-refractivity contribution in [3.8, 4) is 0 Å². The van der Waals surface area contributed by atoms with Gasteiger partial charge < -0.3 is 21.3 Å². The van der Waals surface area contributed by atoms with Crippen molar-refractivity contribution >= 4 is 29.7 Å². The number of nitrogens with two attached hydrogens (primary N) is 2. The molecule has 2 atom stereocenters. The van der Waals surface area contributed by atoms with Gasteiger partial charge in [0.1, 0.15) is 12.1 Å². The molecule has 0 amide bonds. The molecular weight excluding hydrogens is 272 g/mol. The van der Waals surface area contributed by atoms with E-state index in [2.05, 4.69) is 4.74 Å². The third-order valence-electron chi connectivity index (χ3n) is 1.98. The molecule has 5 N–H and O–H groups in total. The lowest BCUT2D eigenvalue weighted by atomic mass is 10.2. The van der Waals surface area contributed by atoms with Crippen molar-refractivity contribution in [2.45, 2.75) is 31.8 Å². The van der Waals surface area contributed by atoms with Crippen molar-refractivity contribution in [2.75, 3.05) is 5.75 Å². The lowest BCUT2D eigenvalue weighted by molar-refractivity contribution is -0.161. The van der Waals surface area contributed by atoms with Crippen LogP contribution in [-0.4, -0.2) is 40.9 Å². The number of carbonyl (C=O) groups excluding carboxylic acids is 2. The first-order chi connectivity index (χ1) is 8.88. The van der Waals surface area contributed by atoms with Gasteiger partial charge in [-0.2, -0.15) is 0 Å². The van der Waals surface area contributed by atoms with Crippen LogP contribution >= 0.6 is 11.8 Å². The Morgan fingerprint density at radius 2 is 1.84 bits per heavy atom. The van der Waals surface area contributed by atoms with E-state index in [0.29, 0.717) is 0 Å². The third-order valence-corrected chi connectivity index (χ3v) is 3.00. The normalized spacial score (nSPS) is 14.1. The number of thioether (sulfide) groups is 1. The Morgan fingerprint density at radius 3 is 2.37 bits per heavy atom. The Kier molecular flexibility index (Phi) is 8.84. The number of carboxylic acids is 1. The average Bonchev–Trinajstić information content (AvgIpc) is 2.35. The molecule has 19 heavy (non-hydrogen) atoms. The molecule has 0 fully saturated rings. The maximum Gasteiger partial charge on any atom is 0.331 e. The fourth-order valence-corrected chi connectivity index (χ4v) is 1.62. The van der Waals surface area contributed by atoms with Crippen LogP contribution in [-0.2, 0) is 19.1 Å². The molecule has 0 aromatic heterocycles. The van der Waals surface area contributed by atoms with Gasteiger partial charge in [0.05, 0.1) is 0 Å². The first kappa shape index (κ1) is 17.6. The van der Waals surface area contributed by atoms with Gasteiger partial charge in [-0.1, -0.05) is 6.08 Å². The van der Waals surface area contributed by atoms with E-state index in [-0.39, 0.29) is 18.6 Å². The van der Waals surface area contributed by atoms with Crippen molar-refractivity contribution in [1.29, 1.82) is 0 Å². The summed E-state index contributed by atoms with van der Waals surface area (Å²) in [6.07, 6.45) is 1.42. The zero-order valence-corrected chi connectivity index (χ0v) is 11.4. The van der Waals surface area contributed by atoms with E-state index in [1.807, 2.05) is 6.92 Å². The summed E-state index contributed by atoms with van der Waals surface area (Å²) in [5.74, 6) is -2.62.